The van der Waals surface area contributed by atoms with Crippen molar-refractivity contribution in [2.75, 3.05) is 5.32 Å². The molecule has 5 aromatic carbocycles. The number of nitrogens with zero attached hydrogens (tertiary/aromatic N) is 1. The molecule has 174 valence electrons. The molecular formula is C31H21ClN2O2. The van der Waals surface area contributed by atoms with Gasteiger partial charge in [-0.2, -0.15) is 5.26 Å². The number of carbonyl (C=O) groups is 1. The number of hydrogen-bond acceptors (Lipinski definition) is 3. The Labute approximate surface area is 214 Å². The van der Waals surface area contributed by atoms with Gasteiger partial charge >= 0.3 is 0 Å². The normalized spacial score (nSPS) is 11.3. The number of halogens is 1. The largest absolute Gasteiger partial charge is 0.488 e. The van der Waals surface area contributed by atoms with Crippen LogP contribution in [0.4, 0.5) is 5.69 Å². The summed E-state index contributed by atoms with van der Waals surface area (Å²) in [4.78, 5) is 12.9. The average molecular weight is 489 g/mol. The molecule has 0 unspecified atom stereocenters. The highest BCUT2D eigenvalue weighted by atomic mass is 35.5. The van der Waals surface area contributed by atoms with Gasteiger partial charge in [-0.25, -0.2) is 0 Å². The van der Waals surface area contributed by atoms with Crippen LogP contribution < -0.4 is 10.1 Å². The maximum atomic E-state index is 12.9. The van der Waals surface area contributed by atoms with Crippen LogP contribution in [0.3, 0.4) is 0 Å². The lowest BCUT2D eigenvalue weighted by Crippen LogP contribution is -2.13. The third-order valence-corrected chi connectivity index (χ3v) is 6.17. The standard InChI is InChI=1S/C31H21ClN2O2/c32-25-11-6-12-26(18-25)34-31(35)24(19-33)17-29-28-14-4-2-8-22(28)15-16-30(29)36-20-23-10-5-9-21-7-1-3-13-27(21)23/h1-18H,20H2,(H,34,35)/b24-17+. The summed E-state index contributed by atoms with van der Waals surface area (Å²) in [6, 6.07) is 34.8. The molecule has 5 rings (SSSR count). The zero-order valence-corrected chi connectivity index (χ0v) is 20.0. The summed E-state index contributed by atoms with van der Waals surface area (Å²) in [6.45, 7) is 0.344. The summed E-state index contributed by atoms with van der Waals surface area (Å²) in [5.74, 6) is 0.0673. The fraction of sp³-hybridized carbons (Fsp3) is 0.0323. The molecular weight excluding hydrogens is 468 g/mol. The Morgan fingerprint density at radius 1 is 0.861 bits per heavy atom. The van der Waals surface area contributed by atoms with Crippen molar-refractivity contribution in [3.8, 4) is 11.8 Å². The lowest BCUT2D eigenvalue weighted by Gasteiger charge is -2.14. The van der Waals surface area contributed by atoms with E-state index in [0.717, 1.165) is 27.1 Å². The maximum absolute atomic E-state index is 12.9. The molecule has 0 radical (unpaired) electrons. The second-order valence-electron chi connectivity index (χ2n) is 8.26. The van der Waals surface area contributed by atoms with Crippen molar-refractivity contribution in [1.82, 2.24) is 0 Å². The number of nitriles is 1. The zero-order chi connectivity index (χ0) is 24.9. The third-order valence-electron chi connectivity index (χ3n) is 5.93. The first-order chi connectivity index (χ1) is 17.6. The van der Waals surface area contributed by atoms with Gasteiger partial charge in [0.25, 0.3) is 5.91 Å². The van der Waals surface area contributed by atoms with Gasteiger partial charge in [0, 0.05) is 16.3 Å². The summed E-state index contributed by atoms with van der Waals surface area (Å²) in [7, 11) is 0. The van der Waals surface area contributed by atoms with Gasteiger partial charge in [-0.3, -0.25) is 4.79 Å². The Bertz CT molecular complexity index is 1660. The second-order valence-corrected chi connectivity index (χ2v) is 8.70. The molecule has 0 saturated carbocycles. The molecule has 1 N–H and O–H groups in total. The van der Waals surface area contributed by atoms with Crippen molar-refractivity contribution in [2.24, 2.45) is 0 Å². The van der Waals surface area contributed by atoms with Crippen molar-refractivity contribution in [2.45, 2.75) is 6.61 Å². The molecule has 0 aromatic heterocycles. The van der Waals surface area contributed by atoms with Crippen LogP contribution in [0.15, 0.2) is 109 Å². The zero-order valence-electron chi connectivity index (χ0n) is 19.2. The number of fused-ring (bicyclic) bond motifs is 2. The van der Waals surface area contributed by atoms with E-state index in [-0.39, 0.29) is 5.57 Å². The second kappa shape index (κ2) is 10.4. The molecule has 0 heterocycles. The summed E-state index contributed by atoms with van der Waals surface area (Å²) >= 11 is 6.03. The molecule has 5 aromatic rings. The van der Waals surface area contributed by atoms with E-state index in [1.165, 1.54) is 0 Å². The lowest BCUT2D eigenvalue weighted by molar-refractivity contribution is -0.112. The van der Waals surface area contributed by atoms with Gasteiger partial charge in [0.15, 0.2) is 0 Å². The molecule has 0 atom stereocenters. The number of ether oxygens (including phenoxy) is 1. The van der Waals surface area contributed by atoms with E-state index < -0.39 is 5.91 Å². The number of carbonyl (C=O) groups excluding carboxylic acids is 1. The monoisotopic (exact) mass is 488 g/mol. The molecule has 5 heteroatoms. The number of hydrogen-bond donors (Lipinski definition) is 1. The van der Waals surface area contributed by atoms with Crippen LogP contribution in [0.5, 0.6) is 5.75 Å². The minimum Gasteiger partial charge on any atom is -0.488 e. The molecule has 0 aliphatic rings. The summed E-state index contributed by atoms with van der Waals surface area (Å²) in [6.07, 6.45) is 1.58. The Balaban J connectivity index is 1.52. The van der Waals surface area contributed by atoms with Gasteiger partial charge in [-0.15, -0.1) is 0 Å². The van der Waals surface area contributed by atoms with Gasteiger partial charge in [0.2, 0.25) is 0 Å². The molecule has 1 amide bonds. The highest BCUT2D eigenvalue weighted by molar-refractivity contribution is 6.31. The van der Waals surface area contributed by atoms with Crippen LogP contribution in [0.2, 0.25) is 5.02 Å². The van der Waals surface area contributed by atoms with Crippen molar-refractivity contribution < 1.29 is 9.53 Å². The van der Waals surface area contributed by atoms with Gasteiger partial charge < -0.3 is 10.1 Å². The van der Waals surface area contributed by atoms with Crippen LogP contribution >= 0.6 is 11.6 Å². The van der Waals surface area contributed by atoms with Crippen molar-refractivity contribution in [3.05, 3.63) is 125 Å². The number of rotatable bonds is 6. The van der Waals surface area contributed by atoms with Crippen molar-refractivity contribution >= 4 is 50.8 Å². The van der Waals surface area contributed by atoms with Crippen LogP contribution in [0.25, 0.3) is 27.6 Å². The Morgan fingerprint density at radius 2 is 1.56 bits per heavy atom. The van der Waals surface area contributed by atoms with Crippen LogP contribution in [0, 0.1) is 11.3 Å². The molecule has 0 bridgehead atoms. The van der Waals surface area contributed by atoms with Gasteiger partial charge in [0.05, 0.1) is 0 Å². The summed E-state index contributed by atoms with van der Waals surface area (Å²) < 4.78 is 6.30. The predicted molar refractivity (Wildman–Crippen MR) is 146 cm³/mol. The highest BCUT2D eigenvalue weighted by Crippen LogP contribution is 2.32. The van der Waals surface area contributed by atoms with Crippen molar-refractivity contribution in [1.29, 1.82) is 5.26 Å². The first-order valence-corrected chi connectivity index (χ1v) is 11.8. The van der Waals surface area contributed by atoms with E-state index in [1.807, 2.05) is 66.7 Å². The van der Waals surface area contributed by atoms with E-state index in [4.69, 9.17) is 16.3 Å². The Kier molecular flexibility index (Phi) is 6.66. The van der Waals surface area contributed by atoms with E-state index in [9.17, 15) is 10.1 Å². The molecule has 0 saturated heterocycles. The Hall–Kier alpha value is -4.59. The first kappa shape index (κ1) is 23.2. The minimum absolute atomic E-state index is 0.0404. The highest BCUT2D eigenvalue weighted by Gasteiger charge is 2.14. The topological polar surface area (TPSA) is 62.1 Å². The number of amides is 1. The number of nitrogens with one attached hydrogen (secondary N) is 1. The molecule has 0 spiro atoms. The molecule has 36 heavy (non-hydrogen) atoms. The van der Waals surface area contributed by atoms with Crippen LogP contribution in [-0.4, -0.2) is 5.91 Å². The Morgan fingerprint density at radius 3 is 2.33 bits per heavy atom. The van der Waals surface area contributed by atoms with E-state index in [0.29, 0.717) is 28.6 Å². The van der Waals surface area contributed by atoms with Gasteiger partial charge in [-0.05, 0) is 57.4 Å². The molecule has 0 fully saturated rings. The van der Waals surface area contributed by atoms with E-state index >= 15 is 0 Å². The average Bonchev–Trinajstić information content (AvgIpc) is 2.90. The van der Waals surface area contributed by atoms with Crippen molar-refractivity contribution in [3.63, 3.8) is 0 Å². The predicted octanol–water partition coefficient (Wildman–Crippen LogP) is 7.77. The lowest BCUT2D eigenvalue weighted by atomic mass is 10.0. The SMILES string of the molecule is N#C/C(=C\c1c(OCc2cccc3ccccc23)ccc2ccccc12)C(=O)Nc1cccc(Cl)c1. The molecule has 4 nitrogen and oxygen atoms in total. The van der Waals surface area contributed by atoms with Gasteiger partial charge in [0.1, 0.15) is 24.0 Å². The van der Waals surface area contributed by atoms with E-state index in [2.05, 4.69) is 23.5 Å². The summed E-state index contributed by atoms with van der Waals surface area (Å²) in [5.41, 5.74) is 2.20. The van der Waals surface area contributed by atoms with E-state index in [1.54, 1.807) is 30.3 Å². The molecule has 0 aliphatic carbocycles. The summed E-state index contributed by atoms with van der Waals surface area (Å²) in [5, 5.41) is 17.2. The fourth-order valence-corrected chi connectivity index (χ4v) is 4.37. The number of anilines is 1. The molecule has 0 aliphatic heterocycles. The first-order valence-electron chi connectivity index (χ1n) is 11.4. The van der Waals surface area contributed by atoms with Gasteiger partial charge in [-0.1, -0.05) is 90.5 Å². The van der Waals surface area contributed by atoms with Crippen LogP contribution in [0.1, 0.15) is 11.1 Å². The van der Waals surface area contributed by atoms with Crippen LogP contribution in [-0.2, 0) is 11.4 Å². The third kappa shape index (κ3) is 4.93. The quantitative estimate of drug-likeness (QED) is 0.196. The number of benzene rings is 5. The fourth-order valence-electron chi connectivity index (χ4n) is 4.18. The minimum atomic E-state index is -0.521. The maximum Gasteiger partial charge on any atom is 0.266 e. The smallest absolute Gasteiger partial charge is 0.266 e.